The Morgan fingerprint density at radius 2 is 2.17 bits per heavy atom. The number of carbonyl (C=O) groups excluding carboxylic acids is 2. The fourth-order valence-electron chi connectivity index (χ4n) is 2.45. The van der Waals surface area contributed by atoms with E-state index in [0.29, 0.717) is 28.3 Å². The minimum atomic E-state index is -0.428. The molecular formula is C15H15ClN4O3S. The van der Waals surface area contributed by atoms with Crippen LogP contribution in [-0.4, -0.2) is 35.7 Å². The lowest BCUT2D eigenvalue weighted by atomic mass is 10.1. The first kappa shape index (κ1) is 16.8. The van der Waals surface area contributed by atoms with Gasteiger partial charge in [-0.3, -0.25) is 9.59 Å². The maximum Gasteiger partial charge on any atom is 0.231 e. The highest BCUT2D eigenvalue weighted by Gasteiger charge is 2.35. The van der Waals surface area contributed by atoms with Crippen molar-refractivity contribution >= 4 is 45.6 Å². The quantitative estimate of drug-likeness (QED) is 0.877. The van der Waals surface area contributed by atoms with Gasteiger partial charge in [0, 0.05) is 30.8 Å². The highest BCUT2D eigenvalue weighted by Crippen LogP contribution is 2.27. The lowest BCUT2D eigenvalue weighted by Gasteiger charge is -2.16. The van der Waals surface area contributed by atoms with Crippen molar-refractivity contribution in [3.8, 4) is 0 Å². The van der Waals surface area contributed by atoms with Gasteiger partial charge in [-0.1, -0.05) is 22.9 Å². The summed E-state index contributed by atoms with van der Waals surface area (Å²) in [6.07, 6.45) is 0.165. The van der Waals surface area contributed by atoms with Crippen LogP contribution in [0.5, 0.6) is 0 Å². The largest absolute Gasteiger partial charge is 0.377 e. The molecule has 24 heavy (non-hydrogen) atoms. The molecule has 0 saturated carbocycles. The maximum absolute atomic E-state index is 12.4. The second-order valence-electron chi connectivity index (χ2n) is 5.31. The molecule has 2 heterocycles. The summed E-state index contributed by atoms with van der Waals surface area (Å²) < 4.78 is 4.97. The summed E-state index contributed by atoms with van der Waals surface area (Å²) in [7, 11) is 1.56. The zero-order valence-corrected chi connectivity index (χ0v) is 14.4. The van der Waals surface area contributed by atoms with E-state index in [1.165, 1.54) is 11.3 Å². The van der Waals surface area contributed by atoms with Gasteiger partial charge in [0.05, 0.1) is 5.92 Å². The molecule has 1 saturated heterocycles. The minimum absolute atomic E-state index is 0.0881. The molecule has 1 aliphatic heterocycles. The van der Waals surface area contributed by atoms with E-state index in [1.807, 2.05) is 0 Å². The number of aromatic nitrogens is 2. The van der Waals surface area contributed by atoms with E-state index < -0.39 is 5.92 Å². The van der Waals surface area contributed by atoms with E-state index in [1.54, 1.807) is 36.3 Å². The van der Waals surface area contributed by atoms with Crippen LogP contribution in [0, 0.1) is 5.92 Å². The summed E-state index contributed by atoms with van der Waals surface area (Å²) in [5, 5.41) is 12.2. The van der Waals surface area contributed by atoms with Crippen molar-refractivity contribution in [3.63, 3.8) is 0 Å². The van der Waals surface area contributed by atoms with Crippen molar-refractivity contribution in [2.75, 3.05) is 23.9 Å². The Bertz CT molecular complexity index is 749. The molecule has 0 radical (unpaired) electrons. The lowest BCUT2D eigenvalue weighted by Crippen LogP contribution is -2.28. The molecule has 1 aromatic carbocycles. The van der Waals surface area contributed by atoms with Crippen LogP contribution in [0.25, 0.3) is 0 Å². The molecule has 0 bridgehead atoms. The summed E-state index contributed by atoms with van der Waals surface area (Å²) >= 11 is 7.11. The maximum atomic E-state index is 12.4. The highest BCUT2D eigenvalue weighted by atomic mass is 35.5. The fraction of sp³-hybridized carbons (Fsp3) is 0.333. The predicted octanol–water partition coefficient (Wildman–Crippen LogP) is 2.33. The van der Waals surface area contributed by atoms with Gasteiger partial charge in [-0.2, -0.15) is 0 Å². The van der Waals surface area contributed by atoms with Gasteiger partial charge in [0.25, 0.3) is 0 Å². The third-order valence-electron chi connectivity index (χ3n) is 3.60. The number of methoxy groups -OCH3 is 1. The standard InChI is InChI=1S/C15H15ClN4O3S/c1-23-8-12-18-19-15(24-12)17-14(22)9-6-13(21)20(7-9)11-4-2-10(16)3-5-11/h2-5,9H,6-8H2,1H3,(H,17,19,22). The van der Waals surface area contributed by atoms with Crippen LogP contribution in [0.2, 0.25) is 5.02 Å². The number of rotatable bonds is 5. The normalized spacial score (nSPS) is 17.3. The van der Waals surface area contributed by atoms with Gasteiger partial charge in [0.15, 0.2) is 0 Å². The van der Waals surface area contributed by atoms with E-state index >= 15 is 0 Å². The van der Waals surface area contributed by atoms with Crippen molar-refractivity contribution in [2.24, 2.45) is 5.92 Å². The Morgan fingerprint density at radius 1 is 1.42 bits per heavy atom. The van der Waals surface area contributed by atoms with Gasteiger partial charge >= 0.3 is 0 Å². The molecule has 2 amide bonds. The van der Waals surface area contributed by atoms with Gasteiger partial charge in [-0.15, -0.1) is 10.2 Å². The topological polar surface area (TPSA) is 84.4 Å². The monoisotopic (exact) mass is 366 g/mol. The van der Waals surface area contributed by atoms with Gasteiger partial charge in [0.1, 0.15) is 11.6 Å². The van der Waals surface area contributed by atoms with Crippen LogP contribution >= 0.6 is 22.9 Å². The van der Waals surface area contributed by atoms with Crippen molar-refractivity contribution in [1.82, 2.24) is 10.2 Å². The number of hydrogen-bond donors (Lipinski definition) is 1. The number of nitrogens with zero attached hydrogens (tertiary/aromatic N) is 3. The summed E-state index contributed by atoms with van der Waals surface area (Å²) in [6.45, 7) is 0.676. The van der Waals surface area contributed by atoms with Gasteiger partial charge in [-0.05, 0) is 24.3 Å². The number of halogens is 1. The van der Waals surface area contributed by atoms with E-state index in [4.69, 9.17) is 16.3 Å². The Hall–Kier alpha value is -2.03. The fourth-order valence-corrected chi connectivity index (χ4v) is 3.29. The van der Waals surface area contributed by atoms with Gasteiger partial charge < -0.3 is 15.0 Å². The van der Waals surface area contributed by atoms with E-state index in [-0.39, 0.29) is 18.2 Å². The molecule has 1 N–H and O–H groups in total. The third kappa shape index (κ3) is 3.72. The molecule has 1 aromatic heterocycles. The van der Waals surface area contributed by atoms with Crippen LogP contribution in [-0.2, 0) is 20.9 Å². The molecule has 126 valence electrons. The van der Waals surface area contributed by atoms with Crippen LogP contribution in [0.3, 0.4) is 0 Å². The number of anilines is 2. The molecule has 3 rings (SSSR count). The smallest absolute Gasteiger partial charge is 0.231 e. The average molecular weight is 367 g/mol. The van der Waals surface area contributed by atoms with Crippen LogP contribution in [0.4, 0.5) is 10.8 Å². The summed E-state index contributed by atoms with van der Waals surface area (Å²) in [4.78, 5) is 26.1. The molecule has 0 aliphatic carbocycles. The van der Waals surface area contributed by atoms with E-state index in [0.717, 1.165) is 5.69 Å². The molecule has 7 nitrogen and oxygen atoms in total. The minimum Gasteiger partial charge on any atom is -0.377 e. The summed E-state index contributed by atoms with van der Waals surface area (Å²) in [5.74, 6) is -0.752. The second-order valence-corrected chi connectivity index (χ2v) is 6.80. The third-order valence-corrected chi connectivity index (χ3v) is 4.66. The first-order valence-electron chi connectivity index (χ1n) is 7.25. The number of amides is 2. The molecular weight excluding hydrogens is 352 g/mol. The van der Waals surface area contributed by atoms with Crippen molar-refractivity contribution < 1.29 is 14.3 Å². The van der Waals surface area contributed by atoms with Crippen LogP contribution < -0.4 is 10.2 Å². The first-order valence-corrected chi connectivity index (χ1v) is 8.44. The number of benzene rings is 1. The summed E-state index contributed by atoms with van der Waals surface area (Å²) in [5.41, 5.74) is 0.734. The Morgan fingerprint density at radius 3 is 2.88 bits per heavy atom. The van der Waals surface area contributed by atoms with Crippen molar-refractivity contribution in [2.45, 2.75) is 13.0 Å². The molecule has 1 fully saturated rings. The molecule has 1 atom stereocenters. The van der Waals surface area contributed by atoms with E-state index in [9.17, 15) is 9.59 Å². The Balaban J connectivity index is 1.64. The SMILES string of the molecule is COCc1nnc(NC(=O)C2CC(=O)N(c3ccc(Cl)cc3)C2)s1. The first-order chi connectivity index (χ1) is 11.6. The molecule has 0 spiro atoms. The predicted molar refractivity (Wildman–Crippen MR) is 91.2 cm³/mol. The molecule has 2 aromatic rings. The zero-order chi connectivity index (χ0) is 17.1. The number of nitrogens with one attached hydrogen (secondary N) is 1. The molecule has 9 heteroatoms. The Kier molecular flexibility index (Phi) is 5.08. The van der Waals surface area contributed by atoms with Crippen molar-refractivity contribution in [3.05, 3.63) is 34.3 Å². The van der Waals surface area contributed by atoms with Crippen LogP contribution in [0.1, 0.15) is 11.4 Å². The zero-order valence-electron chi connectivity index (χ0n) is 12.9. The van der Waals surface area contributed by atoms with Crippen molar-refractivity contribution in [1.29, 1.82) is 0 Å². The second kappa shape index (κ2) is 7.25. The molecule has 1 unspecified atom stereocenters. The number of ether oxygens (including phenoxy) is 1. The summed E-state index contributed by atoms with van der Waals surface area (Å²) in [6, 6.07) is 6.97. The highest BCUT2D eigenvalue weighted by molar-refractivity contribution is 7.15. The van der Waals surface area contributed by atoms with Gasteiger partial charge in [-0.25, -0.2) is 0 Å². The Labute approximate surface area is 147 Å². The number of carbonyl (C=O) groups is 2. The van der Waals surface area contributed by atoms with Gasteiger partial charge in [0.2, 0.25) is 16.9 Å². The van der Waals surface area contributed by atoms with Crippen LogP contribution in [0.15, 0.2) is 24.3 Å². The number of hydrogen-bond acceptors (Lipinski definition) is 6. The lowest BCUT2D eigenvalue weighted by molar-refractivity contribution is -0.122. The molecule has 1 aliphatic rings. The average Bonchev–Trinajstić information content (AvgIpc) is 3.15. The van der Waals surface area contributed by atoms with E-state index in [2.05, 4.69) is 15.5 Å².